The summed E-state index contributed by atoms with van der Waals surface area (Å²) in [5.74, 6) is 1.58. The van der Waals surface area contributed by atoms with E-state index >= 15 is 0 Å². The molecule has 0 radical (unpaired) electrons. The molecular weight excluding hydrogens is 306 g/mol. The molecule has 1 N–H and O–H groups in total. The van der Waals surface area contributed by atoms with Crippen molar-refractivity contribution in [2.75, 3.05) is 30.7 Å². The summed E-state index contributed by atoms with van der Waals surface area (Å²) in [5.41, 5.74) is 0.348. The SMILES string of the molecule is CCCNc1ccc(Cl)c(C(=O)N2CCSC(C)(C)C2)n1. The molecule has 1 aliphatic rings. The van der Waals surface area contributed by atoms with Crippen molar-refractivity contribution in [1.82, 2.24) is 9.88 Å². The number of nitrogens with one attached hydrogen (secondary N) is 1. The zero-order valence-electron chi connectivity index (χ0n) is 12.8. The van der Waals surface area contributed by atoms with E-state index in [1.54, 1.807) is 6.07 Å². The molecule has 0 spiro atoms. The van der Waals surface area contributed by atoms with Gasteiger partial charge in [-0.05, 0) is 32.4 Å². The Hall–Kier alpha value is -0.940. The molecule has 0 aromatic carbocycles. The molecule has 21 heavy (non-hydrogen) atoms. The van der Waals surface area contributed by atoms with E-state index in [9.17, 15) is 4.79 Å². The van der Waals surface area contributed by atoms with E-state index in [4.69, 9.17) is 11.6 Å². The van der Waals surface area contributed by atoms with Gasteiger partial charge < -0.3 is 10.2 Å². The molecule has 2 heterocycles. The quantitative estimate of drug-likeness (QED) is 0.919. The van der Waals surface area contributed by atoms with E-state index in [0.717, 1.165) is 31.8 Å². The predicted molar refractivity (Wildman–Crippen MR) is 90.5 cm³/mol. The van der Waals surface area contributed by atoms with Crippen molar-refractivity contribution in [3.63, 3.8) is 0 Å². The van der Waals surface area contributed by atoms with E-state index in [2.05, 4.69) is 31.1 Å². The molecule has 0 bridgehead atoms. The van der Waals surface area contributed by atoms with E-state index in [1.165, 1.54) is 0 Å². The maximum Gasteiger partial charge on any atom is 0.274 e. The Morgan fingerprint density at radius 2 is 2.29 bits per heavy atom. The number of carbonyl (C=O) groups is 1. The normalized spacial score (nSPS) is 17.6. The van der Waals surface area contributed by atoms with Crippen molar-refractivity contribution < 1.29 is 4.79 Å². The van der Waals surface area contributed by atoms with Gasteiger partial charge in [-0.1, -0.05) is 18.5 Å². The number of halogens is 1. The number of pyridine rings is 1. The van der Waals surface area contributed by atoms with Gasteiger partial charge >= 0.3 is 0 Å². The monoisotopic (exact) mass is 327 g/mol. The first-order chi connectivity index (χ1) is 9.93. The van der Waals surface area contributed by atoms with Crippen LogP contribution in [0.15, 0.2) is 12.1 Å². The maximum absolute atomic E-state index is 12.7. The Bertz CT molecular complexity index is 522. The fourth-order valence-electron chi connectivity index (χ4n) is 2.28. The van der Waals surface area contributed by atoms with Crippen LogP contribution in [0.2, 0.25) is 5.02 Å². The second kappa shape index (κ2) is 6.88. The number of carbonyl (C=O) groups excluding carboxylic acids is 1. The van der Waals surface area contributed by atoms with E-state index in [1.807, 2.05) is 22.7 Å². The molecule has 1 aromatic rings. The Balaban J connectivity index is 2.17. The van der Waals surface area contributed by atoms with Gasteiger partial charge in [0.2, 0.25) is 0 Å². The van der Waals surface area contributed by atoms with Crippen molar-refractivity contribution >= 4 is 35.1 Å². The average Bonchev–Trinajstić information content (AvgIpc) is 2.44. The van der Waals surface area contributed by atoms with Crippen LogP contribution in [0.25, 0.3) is 0 Å². The van der Waals surface area contributed by atoms with Crippen molar-refractivity contribution in [2.24, 2.45) is 0 Å². The molecule has 6 heteroatoms. The standard InChI is InChI=1S/C15H22ClN3OS/c1-4-7-17-12-6-5-11(16)13(18-12)14(20)19-8-9-21-15(2,3)10-19/h5-6H,4,7-10H2,1-3H3,(H,17,18). The van der Waals surface area contributed by atoms with Crippen LogP contribution in [0.1, 0.15) is 37.7 Å². The van der Waals surface area contributed by atoms with Crippen LogP contribution in [0, 0.1) is 0 Å². The van der Waals surface area contributed by atoms with Gasteiger partial charge in [-0.3, -0.25) is 4.79 Å². The van der Waals surface area contributed by atoms with Gasteiger partial charge in [0, 0.05) is 30.1 Å². The van der Waals surface area contributed by atoms with Gasteiger partial charge in [-0.2, -0.15) is 11.8 Å². The number of thioether (sulfide) groups is 1. The first-order valence-corrected chi connectivity index (χ1v) is 8.63. The number of hydrogen-bond acceptors (Lipinski definition) is 4. The lowest BCUT2D eigenvalue weighted by atomic mass is 10.1. The summed E-state index contributed by atoms with van der Waals surface area (Å²) in [6.07, 6.45) is 1.01. The summed E-state index contributed by atoms with van der Waals surface area (Å²) < 4.78 is 0.0818. The molecular formula is C15H22ClN3OS. The number of amides is 1. The first-order valence-electron chi connectivity index (χ1n) is 7.26. The largest absolute Gasteiger partial charge is 0.370 e. The second-order valence-electron chi connectivity index (χ2n) is 5.79. The fraction of sp³-hybridized carbons (Fsp3) is 0.600. The number of nitrogens with zero attached hydrogens (tertiary/aromatic N) is 2. The Morgan fingerprint density at radius 3 is 2.95 bits per heavy atom. The minimum absolute atomic E-state index is 0.0754. The van der Waals surface area contributed by atoms with Crippen LogP contribution < -0.4 is 5.32 Å². The predicted octanol–water partition coefficient (Wildman–Crippen LogP) is 3.52. The summed E-state index contributed by atoms with van der Waals surface area (Å²) in [6.45, 7) is 8.70. The number of anilines is 1. The first kappa shape index (κ1) is 16.4. The van der Waals surface area contributed by atoms with Crippen LogP contribution >= 0.6 is 23.4 Å². The minimum atomic E-state index is -0.0754. The van der Waals surface area contributed by atoms with Gasteiger partial charge in [-0.15, -0.1) is 0 Å². The summed E-state index contributed by atoms with van der Waals surface area (Å²) in [5, 5.41) is 3.61. The maximum atomic E-state index is 12.7. The van der Waals surface area contributed by atoms with Crippen LogP contribution in [-0.2, 0) is 0 Å². The van der Waals surface area contributed by atoms with Crippen molar-refractivity contribution in [3.8, 4) is 0 Å². The summed E-state index contributed by atoms with van der Waals surface area (Å²) in [6, 6.07) is 3.55. The highest BCUT2D eigenvalue weighted by atomic mass is 35.5. The van der Waals surface area contributed by atoms with Gasteiger partial charge in [0.25, 0.3) is 5.91 Å². The summed E-state index contributed by atoms with van der Waals surface area (Å²) in [7, 11) is 0. The van der Waals surface area contributed by atoms with Crippen LogP contribution in [0.3, 0.4) is 0 Å². The molecule has 0 unspecified atom stereocenters. The third kappa shape index (κ3) is 4.27. The lowest BCUT2D eigenvalue weighted by Crippen LogP contribution is -2.46. The Kier molecular flexibility index (Phi) is 5.38. The molecule has 4 nitrogen and oxygen atoms in total. The third-order valence-corrected chi connectivity index (χ3v) is 4.92. The topological polar surface area (TPSA) is 45.2 Å². The number of hydrogen-bond donors (Lipinski definition) is 1. The van der Waals surface area contributed by atoms with Crippen LogP contribution in [-0.4, -0.2) is 45.9 Å². The van der Waals surface area contributed by atoms with Crippen LogP contribution in [0.5, 0.6) is 0 Å². The molecule has 116 valence electrons. The highest BCUT2D eigenvalue weighted by Crippen LogP contribution is 2.30. The van der Waals surface area contributed by atoms with Gasteiger partial charge in [0.05, 0.1) is 5.02 Å². The Morgan fingerprint density at radius 1 is 1.52 bits per heavy atom. The van der Waals surface area contributed by atoms with Crippen LogP contribution in [0.4, 0.5) is 5.82 Å². The Labute approximate surface area is 135 Å². The highest BCUT2D eigenvalue weighted by Gasteiger charge is 2.31. The average molecular weight is 328 g/mol. The lowest BCUT2D eigenvalue weighted by Gasteiger charge is -2.37. The second-order valence-corrected chi connectivity index (χ2v) is 8.00. The molecule has 1 aromatic heterocycles. The van der Waals surface area contributed by atoms with E-state index in [0.29, 0.717) is 16.5 Å². The van der Waals surface area contributed by atoms with E-state index < -0.39 is 0 Å². The van der Waals surface area contributed by atoms with Crippen molar-refractivity contribution in [1.29, 1.82) is 0 Å². The smallest absolute Gasteiger partial charge is 0.274 e. The zero-order chi connectivity index (χ0) is 15.5. The minimum Gasteiger partial charge on any atom is -0.370 e. The molecule has 0 aliphatic carbocycles. The summed E-state index contributed by atoms with van der Waals surface area (Å²) in [4.78, 5) is 18.9. The number of aromatic nitrogens is 1. The fourth-order valence-corrected chi connectivity index (χ4v) is 3.58. The molecule has 1 fully saturated rings. The lowest BCUT2D eigenvalue weighted by molar-refractivity contribution is 0.0742. The highest BCUT2D eigenvalue weighted by molar-refractivity contribution is 8.00. The molecule has 0 saturated carbocycles. The summed E-state index contributed by atoms with van der Waals surface area (Å²) >= 11 is 8.07. The zero-order valence-corrected chi connectivity index (χ0v) is 14.4. The van der Waals surface area contributed by atoms with Gasteiger partial charge in [0.1, 0.15) is 11.5 Å². The molecule has 1 amide bonds. The van der Waals surface area contributed by atoms with Gasteiger partial charge in [0.15, 0.2) is 0 Å². The number of rotatable bonds is 4. The molecule has 1 aliphatic heterocycles. The molecule has 2 rings (SSSR count). The molecule has 0 atom stereocenters. The van der Waals surface area contributed by atoms with E-state index in [-0.39, 0.29) is 10.7 Å². The van der Waals surface area contributed by atoms with Gasteiger partial charge in [-0.25, -0.2) is 4.98 Å². The van der Waals surface area contributed by atoms with Crippen molar-refractivity contribution in [2.45, 2.75) is 31.9 Å². The molecule has 1 saturated heterocycles. The van der Waals surface area contributed by atoms with Crippen molar-refractivity contribution in [3.05, 3.63) is 22.8 Å². The third-order valence-electron chi connectivity index (χ3n) is 3.32.